The number of hydrogen-bond acceptors (Lipinski definition) is 2. The second-order valence-electron chi connectivity index (χ2n) is 5.18. The van der Waals surface area contributed by atoms with Crippen molar-refractivity contribution in [3.8, 4) is 0 Å². The van der Waals surface area contributed by atoms with Gasteiger partial charge in [-0.05, 0) is 25.5 Å². The van der Waals surface area contributed by atoms with Gasteiger partial charge >= 0.3 is 0 Å². The van der Waals surface area contributed by atoms with Gasteiger partial charge in [-0.2, -0.15) is 0 Å². The molecule has 1 aliphatic rings. The molecular weight excluding hydrogens is 210 g/mol. The summed E-state index contributed by atoms with van der Waals surface area (Å²) < 4.78 is 2.22. The maximum atomic E-state index is 2.61. The molecule has 0 aliphatic carbocycles. The van der Waals surface area contributed by atoms with Gasteiger partial charge in [0, 0.05) is 57.7 Å². The Bertz CT molecular complexity index is 337. The van der Waals surface area contributed by atoms with Crippen LogP contribution in [0.1, 0.15) is 26.0 Å². The van der Waals surface area contributed by atoms with Crippen LogP contribution in [0, 0.1) is 0 Å². The molecule has 0 unspecified atom stereocenters. The average molecular weight is 235 g/mol. The second kappa shape index (κ2) is 5.69. The number of aromatic nitrogens is 1. The summed E-state index contributed by atoms with van der Waals surface area (Å²) in [7, 11) is 2.13. The lowest BCUT2D eigenvalue weighted by molar-refractivity contribution is 0.0951. The van der Waals surface area contributed by atoms with E-state index >= 15 is 0 Å². The van der Waals surface area contributed by atoms with Crippen LogP contribution in [0.5, 0.6) is 0 Å². The molecule has 0 bridgehead atoms. The Hall–Kier alpha value is -0.800. The number of nitrogens with zero attached hydrogens (tertiary/aromatic N) is 3. The fourth-order valence-electron chi connectivity index (χ4n) is 2.51. The molecule has 96 valence electrons. The summed E-state index contributed by atoms with van der Waals surface area (Å²) in [5, 5.41) is 0. The summed E-state index contributed by atoms with van der Waals surface area (Å²) in [6, 6.07) is 5.10. The molecule has 2 heterocycles. The molecule has 0 amide bonds. The molecule has 17 heavy (non-hydrogen) atoms. The summed E-state index contributed by atoms with van der Waals surface area (Å²) in [4.78, 5) is 5.18. The van der Waals surface area contributed by atoms with Crippen LogP contribution >= 0.6 is 0 Å². The Morgan fingerprint density at radius 1 is 1.24 bits per heavy atom. The van der Waals surface area contributed by atoms with Crippen molar-refractivity contribution in [3.05, 3.63) is 24.0 Å². The number of piperazine rings is 1. The summed E-state index contributed by atoms with van der Waals surface area (Å²) in [6.07, 6.45) is 3.39. The molecule has 2 rings (SSSR count). The normalized spacial score (nSPS) is 20.6. The Morgan fingerprint density at radius 2 is 1.94 bits per heavy atom. The molecule has 0 N–H and O–H groups in total. The van der Waals surface area contributed by atoms with Crippen LogP contribution in [0.25, 0.3) is 0 Å². The monoisotopic (exact) mass is 235 g/mol. The molecule has 1 saturated heterocycles. The van der Waals surface area contributed by atoms with Crippen LogP contribution in [0.3, 0.4) is 0 Å². The molecular formula is C14H25N3. The second-order valence-corrected chi connectivity index (χ2v) is 5.18. The third-order valence-corrected chi connectivity index (χ3v) is 4.06. The van der Waals surface area contributed by atoms with Gasteiger partial charge in [-0.25, -0.2) is 0 Å². The lowest BCUT2D eigenvalue weighted by Crippen LogP contribution is -2.49. The van der Waals surface area contributed by atoms with E-state index in [-0.39, 0.29) is 0 Å². The molecule has 3 nitrogen and oxygen atoms in total. The molecule has 0 aromatic carbocycles. The van der Waals surface area contributed by atoms with E-state index in [1.54, 1.807) is 0 Å². The van der Waals surface area contributed by atoms with E-state index in [1.807, 2.05) is 0 Å². The third kappa shape index (κ3) is 3.11. The summed E-state index contributed by atoms with van der Waals surface area (Å²) in [5.41, 5.74) is 1.42. The van der Waals surface area contributed by atoms with Crippen molar-refractivity contribution in [2.24, 2.45) is 7.05 Å². The molecule has 1 aliphatic heterocycles. The molecule has 0 saturated carbocycles. The highest BCUT2D eigenvalue weighted by Gasteiger charge is 2.20. The van der Waals surface area contributed by atoms with Gasteiger partial charge in [-0.3, -0.25) is 9.80 Å². The van der Waals surface area contributed by atoms with E-state index in [2.05, 4.69) is 53.6 Å². The van der Waals surface area contributed by atoms with E-state index < -0.39 is 0 Å². The zero-order valence-corrected chi connectivity index (χ0v) is 11.4. The zero-order chi connectivity index (χ0) is 12.3. The fraction of sp³-hybridized carbons (Fsp3) is 0.714. The first kappa shape index (κ1) is 12.7. The van der Waals surface area contributed by atoms with Crippen molar-refractivity contribution in [1.82, 2.24) is 14.4 Å². The van der Waals surface area contributed by atoms with Crippen LogP contribution in [0.15, 0.2) is 18.3 Å². The minimum atomic E-state index is 0.743. The molecule has 0 radical (unpaired) electrons. The quantitative estimate of drug-likeness (QED) is 0.790. The van der Waals surface area contributed by atoms with Gasteiger partial charge in [-0.15, -0.1) is 0 Å². The van der Waals surface area contributed by atoms with E-state index in [1.165, 1.54) is 38.3 Å². The van der Waals surface area contributed by atoms with Gasteiger partial charge in [0.15, 0.2) is 0 Å². The van der Waals surface area contributed by atoms with Gasteiger partial charge in [0.1, 0.15) is 0 Å². The predicted octanol–water partition coefficient (Wildman–Crippen LogP) is 1.94. The van der Waals surface area contributed by atoms with E-state index in [4.69, 9.17) is 0 Å². The summed E-state index contributed by atoms with van der Waals surface area (Å²) >= 11 is 0. The topological polar surface area (TPSA) is 11.4 Å². The SMILES string of the molecule is CC[C@@H](C)N1CCN(Cc2cccn2C)CC1. The first-order chi connectivity index (χ1) is 8.20. The van der Waals surface area contributed by atoms with Crippen LogP contribution in [-0.4, -0.2) is 46.6 Å². The van der Waals surface area contributed by atoms with Crippen LogP contribution in [-0.2, 0) is 13.6 Å². The van der Waals surface area contributed by atoms with Gasteiger partial charge in [-0.1, -0.05) is 6.92 Å². The molecule has 1 fully saturated rings. The molecule has 1 aromatic rings. The first-order valence-electron chi connectivity index (χ1n) is 6.77. The van der Waals surface area contributed by atoms with Crippen molar-refractivity contribution in [2.75, 3.05) is 26.2 Å². The Labute approximate surface area is 105 Å². The maximum absolute atomic E-state index is 2.61. The Balaban J connectivity index is 1.81. The minimum Gasteiger partial charge on any atom is -0.353 e. The Morgan fingerprint density at radius 3 is 2.47 bits per heavy atom. The van der Waals surface area contributed by atoms with Crippen molar-refractivity contribution >= 4 is 0 Å². The van der Waals surface area contributed by atoms with Gasteiger partial charge < -0.3 is 4.57 Å². The van der Waals surface area contributed by atoms with Crippen molar-refractivity contribution < 1.29 is 0 Å². The first-order valence-corrected chi connectivity index (χ1v) is 6.77. The van der Waals surface area contributed by atoms with E-state index in [0.29, 0.717) is 0 Å². The van der Waals surface area contributed by atoms with E-state index in [9.17, 15) is 0 Å². The predicted molar refractivity (Wildman–Crippen MR) is 72.0 cm³/mol. The summed E-state index contributed by atoms with van der Waals surface area (Å²) in [5.74, 6) is 0. The number of hydrogen-bond donors (Lipinski definition) is 0. The largest absolute Gasteiger partial charge is 0.353 e. The smallest absolute Gasteiger partial charge is 0.0388 e. The molecule has 3 heteroatoms. The van der Waals surface area contributed by atoms with E-state index in [0.717, 1.165) is 12.6 Å². The molecule has 1 atom stereocenters. The van der Waals surface area contributed by atoms with Crippen molar-refractivity contribution in [2.45, 2.75) is 32.9 Å². The lowest BCUT2D eigenvalue weighted by atomic mass is 10.2. The number of rotatable bonds is 4. The molecule has 1 aromatic heterocycles. The van der Waals surface area contributed by atoms with Gasteiger partial charge in [0.2, 0.25) is 0 Å². The van der Waals surface area contributed by atoms with Crippen LogP contribution in [0.4, 0.5) is 0 Å². The standard InChI is InChI=1S/C14H25N3/c1-4-13(2)17-10-8-16(9-11-17)12-14-6-5-7-15(14)3/h5-7,13H,4,8-12H2,1-3H3/t13-/m1/s1. The van der Waals surface area contributed by atoms with Crippen LogP contribution in [0.2, 0.25) is 0 Å². The Kier molecular flexibility index (Phi) is 4.24. The van der Waals surface area contributed by atoms with Crippen molar-refractivity contribution in [3.63, 3.8) is 0 Å². The highest BCUT2D eigenvalue weighted by Crippen LogP contribution is 2.11. The zero-order valence-electron chi connectivity index (χ0n) is 11.4. The summed E-state index contributed by atoms with van der Waals surface area (Å²) in [6.45, 7) is 10.6. The fourth-order valence-corrected chi connectivity index (χ4v) is 2.51. The van der Waals surface area contributed by atoms with Gasteiger partial charge in [0.25, 0.3) is 0 Å². The molecule has 0 spiro atoms. The highest BCUT2D eigenvalue weighted by atomic mass is 15.3. The number of aryl methyl sites for hydroxylation is 1. The lowest BCUT2D eigenvalue weighted by Gasteiger charge is -2.37. The van der Waals surface area contributed by atoms with Crippen LogP contribution < -0.4 is 0 Å². The van der Waals surface area contributed by atoms with Gasteiger partial charge in [0.05, 0.1) is 0 Å². The third-order valence-electron chi connectivity index (χ3n) is 4.06. The average Bonchev–Trinajstić information content (AvgIpc) is 2.75. The maximum Gasteiger partial charge on any atom is 0.0388 e. The highest BCUT2D eigenvalue weighted by molar-refractivity contribution is 5.06. The van der Waals surface area contributed by atoms with Crippen molar-refractivity contribution in [1.29, 1.82) is 0 Å². The minimum absolute atomic E-state index is 0.743.